The van der Waals surface area contributed by atoms with Crippen LogP contribution < -0.4 is 38.9 Å². The number of rotatable bonds is 16. The number of aliphatic hydroxyl groups excluding tert-OH is 7. The lowest BCUT2D eigenvalue weighted by atomic mass is 9.83. The molecular weight excluding hydrogens is 706 g/mol. The first-order valence-corrected chi connectivity index (χ1v) is 18.4. The number of nitrogens with two attached hydrogens (primary N) is 4. The second-order valence-electron chi connectivity index (χ2n) is 14.7. The van der Waals surface area contributed by atoms with E-state index in [1.807, 2.05) is 6.08 Å². The first kappa shape index (κ1) is 42.9. The Morgan fingerprint density at radius 3 is 2.23 bits per heavy atom. The van der Waals surface area contributed by atoms with E-state index in [9.17, 15) is 40.9 Å². The summed E-state index contributed by atoms with van der Waals surface area (Å²) in [5, 5.41) is 93.5. The molecule has 1 aliphatic carbocycles. The molecule has 308 valence electrons. The topological polar surface area (TPSA) is 357 Å². The van der Waals surface area contributed by atoms with E-state index >= 15 is 0 Å². The molecule has 4 fully saturated rings. The first-order chi connectivity index (χ1) is 25.3. The third-order valence-corrected chi connectivity index (χ3v) is 10.7. The Hall–Kier alpha value is -1.26. The lowest BCUT2D eigenvalue weighted by Crippen LogP contribution is -2.66. The minimum absolute atomic E-state index is 0.0797. The summed E-state index contributed by atoms with van der Waals surface area (Å²) < 4.78 is 36.1. The van der Waals surface area contributed by atoms with Crippen LogP contribution in [0.25, 0.3) is 0 Å². The highest BCUT2D eigenvalue weighted by molar-refractivity contribution is 5.06. The van der Waals surface area contributed by atoms with Gasteiger partial charge >= 0.3 is 0 Å². The summed E-state index contributed by atoms with van der Waals surface area (Å²) >= 11 is 0. The van der Waals surface area contributed by atoms with Gasteiger partial charge in [0.25, 0.3) is 0 Å². The van der Waals surface area contributed by atoms with Crippen molar-refractivity contribution < 1.29 is 69.3 Å². The van der Waals surface area contributed by atoms with Gasteiger partial charge < -0.3 is 108 Å². The van der Waals surface area contributed by atoms with Gasteiger partial charge in [0, 0.05) is 31.7 Å². The maximum absolute atomic E-state index is 11.6. The van der Waals surface area contributed by atoms with E-state index in [4.69, 9.17) is 51.4 Å². The van der Waals surface area contributed by atoms with Crippen molar-refractivity contribution in [3.63, 3.8) is 0 Å². The number of ether oxygens (including phenoxy) is 6. The largest absolute Gasteiger partial charge is 0.467 e. The summed E-state index contributed by atoms with van der Waals surface area (Å²) in [6, 6.07) is -3.48. The van der Waals surface area contributed by atoms with Crippen molar-refractivity contribution in [3.8, 4) is 0 Å². The molecule has 5 rings (SSSR count). The van der Waals surface area contributed by atoms with Crippen LogP contribution in [0.2, 0.25) is 0 Å². The second-order valence-corrected chi connectivity index (χ2v) is 14.7. The number of hydrogen-bond acceptors (Lipinski definition) is 21. The molecule has 0 aromatic heterocycles. The lowest BCUT2D eigenvalue weighted by Gasteiger charge is -2.46. The molecule has 53 heavy (non-hydrogen) atoms. The van der Waals surface area contributed by atoms with Crippen molar-refractivity contribution in [2.75, 3.05) is 52.5 Å². The third-order valence-electron chi connectivity index (χ3n) is 10.7. The first-order valence-electron chi connectivity index (χ1n) is 18.4. The van der Waals surface area contributed by atoms with E-state index in [0.717, 1.165) is 13.1 Å². The van der Waals surface area contributed by atoms with Crippen molar-refractivity contribution in [3.05, 3.63) is 11.8 Å². The monoisotopic (exact) mass is 767 g/mol. The molecule has 5 aliphatic rings. The summed E-state index contributed by atoms with van der Waals surface area (Å²) in [6.07, 6.45) is -13.2. The zero-order valence-corrected chi connectivity index (χ0v) is 29.7. The van der Waals surface area contributed by atoms with E-state index in [0.29, 0.717) is 38.1 Å². The minimum Gasteiger partial charge on any atom is -0.467 e. The third kappa shape index (κ3) is 10.4. The van der Waals surface area contributed by atoms with E-state index < -0.39 is 123 Å². The fraction of sp³-hybridized carbons (Fsp3) is 0.938. The molecule has 4 heterocycles. The zero-order valence-electron chi connectivity index (χ0n) is 29.7. The SMILES string of the molecule is NC[C@@H]1O[C@H](O[C@H]2[C@@H](O)[C@H](O[C@@H]3[C@@H](O)[C@H](NCC(O)CO)C[C@H](N)[C@H]3O[C@H]3OC(CNCC4(O)CCNCC4)=CC[C@H]3N)O[C@@H]2CO)[C@H](N)[C@@H](O)[C@@H]1O. The fourth-order valence-corrected chi connectivity index (χ4v) is 7.39. The van der Waals surface area contributed by atoms with Gasteiger partial charge in [0.2, 0.25) is 6.29 Å². The fourth-order valence-electron chi connectivity index (χ4n) is 7.39. The van der Waals surface area contributed by atoms with Crippen molar-refractivity contribution in [2.24, 2.45) is 22.9 Å². The Morgan fingerprint density at radius 2 is 1.55 bits per heavy atom. The molecule has 21 nitrogen and oxygen atoms in total. The van der Waals surface area contributed by atoms with E-state index in [1.165, 1.54) is 0 Å². The van der Waals surface area contributed by atoms with Gasteiger partial charge in [-0.25, -0.2) is 0 Å². The molecule has 1 saturated carbocycles. The molecule has 3 saturated heterocycles. The number of piperidine rings is 1. The smallest absolute Gasteiger partial charge is 0.215 e. The van der Waals surface area contributed by atoms with Gasteiger partial charge in [-0.15, -0.1) is 0 Å². The average molecular weight is 768 g/mol. The van der Waals surface area contributed by atoms with Gasteiger partial charge in [-0.1, -0.05) is 0 Å². The van der Waals surface area contributed by atoms with E-state index in [1.54, 1.807) is 0 Å². The highest BCUT2D eigenvalue weighted by atomic mass is 16.8. The molecule has 1 unspecified atom stereocenters. The Labute approximate surface area is 307 Å². The normalized spacial score (nSPS) is 44.0. The Bertz CT molecular complexity index is 1160. The van der Waals surface area contributed by atoms with Gasteiger partial charge in [0.15, 0.2) is 12.6 Å². The van der Waals surface area contributed by atoms with Crippen LogP contribution >= 0.6 is 0 Å². The van der Waals surface area contributed by atoms with Gasteiger partial charge in [-0.05, 0) is 44.8 Å². The van der Waals surface area contributed by atoms with Crippen molar-refractivity contribution in [1.82, 2.24) is 16.0 Å². The predicted molar refractivity (Wildman–Crippen MR) is 183 cm³/mol. The van der Waals surface area contributed by atoms with Gasteiger partial charge in [0.05, 0.1) is 49.7 Å². The van der Waals surface area contributed by atoms with Crippen LogP contribution in [-0.2, 0) is 28.4 Å². The number of aliphatic hydroxyl groups is 8. The zero-order chi connectivity index (χ0) is 38.4. The predicted octanol–water partition coefficient (Wildman–Crippen LogP) is -7.98. The van der Waals surface area contributed by atoms with Crippen molar-refractivity contribution in [2.45, 2.75) is 135 Å². The van der Waals surface area contributed by atoms with E-state index in [2.05, 4.69) is 16.0 Å². The standard InChI is InChI=1S/C32H61N7O14/c33-8-19-23(44)24(45)21(36)30(49-19)52-27-20(12-41)50-31(25(27)46)53-28-22(43)18(39-9-14(42)11-40)7-17(35)26(28)51-29-16(34)2-1-15(48-29)10-38-13-32(47)3-5-37-6-4-32/h1,14,16-31,37-47H,2-13,33-36H2/t14?,16-,17+,18-,19+,20-,21-,22+,23-,24-,25-,26-,27-,28-,29-,30-,31+/m1/s1. The summed E-state index contributed by atoms with van der Waals surface area (Å²) in [5.41, 5.74) is 23.9. The lowest BCUT2D eigenvalue weighted by molar-refractivity contribution is -0.282. The minimum atomic E-state index is -1.61. The number of hydrogen-bond donors (Lipinski definition) is 15. The van der Waals surface area contributed by atoms with Crippen LogP contribution in [0.15, 0.2) is 11.8 Å². The van der Waals surface area contributed by atoms with Crippen molar-refractivity contribution in [1.29, 1.82) is 0 Å². The van der Waals surface area contributed by atoms with Gasteiger partial charge in [-0.2, -0.15) is 0 Å². The molecular formula is C32H61N7O14. The maximum atomic E-state index is 11.6. The molecule has 0 amide bonds. The Kier molecular flexibility index (Phi) is 15.6. The molecule has 0 aromatic rings. The summed E-state index contributed by atoms with van der Waals surface area (Å²) in [4.78, 5) is 0. The van der Waals surface area contributed by atoms with Crippen LogP contribution in [-0.4, -0.2) is 203 Å². The molecule has 0 bridgehead atoms. The highest BCUT2D eigenvalue weighted by Crippen LogP contribution is 2.34. The molecule has 21 heteroatoms. The van der Waals surface area contributed by atoms with Crippen LogP contribution in [0.4, 0.5) is 0 Å². The summed E-state index contributed by atoms with van der Waals surface area (Å²) in [5.74, 6) is 0.534. The quantitative estimate of drug-likeness (QED) is 0.0693. The van der Waals surface area contributed by atoms with Crippen LogP contribution in [0, 0.1) is 0 Å². The molecule has 19 N–H and O–H groups in total. The van der Waals surface area contributed by atoms with Crippen molar-refractivity contribution >= 4 is 0 Å². The molecule has 17 atom stereocenters. The molecule has 0 radical (unpaired) electrons. The van der Waals surface area contributed by atoms with Gasteiger partial charge in [0.1, 0.15) is 54.6 Å². The summed E-state index contributed by atoms with van der Waals surface area (Å²) in [7, 11) is 0. The van der Waals surface area contributed by atoms with Crippen LogP contribution in [0.5, 0.6) is 0 Å². The molecule has 4 aliphatic heterocycles. The Balaban J connectivity index is 1.28. The Morgan fingerprint density at radius 1 is 0.868 bits per heavy atom. The average Bonchev–Trinajstić information content (AvgIpc) is 3.44. The molecule has 0 spiro atoms. The summed E-state index contributed by atoms with van der Waals surface area (Å²) in [6.45, 7) is 0.691. The van der Waals surface area contributed by atoms with E-state index in [-0.39, 0.29) is 19.5 Å². The van der Waals surface area contributed by atoms with Crippen LogP contribution in [0.3, 0.4) is 0 Å². The highest BCUT2D eigenvalue weighted by Gasteiger charge is 2.54. The van der Waals surface area contributed by atoms with Crippen LogP contribution in [0.1, 0.15) is 25.7 Å². The molecule has 0 aromatic carbocycles. The second kappa shape index (κ2) is 19.3. The number of nitrogens with one attached hydrogen (secondary N) is 3. The maximum Gasteiger partial charge on any atom is 0.215 e. The van der Waals surface area contributed by atoms with Gasteiger partial charge in [-0.3, -0.25) is 0 Å².